The molecule has 0 radical (unpaired) electrons. The number of amides is 1. The zero-order valence-corrected chi connectivity index (χ0v) is 18.5. The van der Waals surface area contributed by atoms with Gasteiger partial charge >= 0.3 is 0 Å². The third-order valence-electron chi connectivity index (χ3n) is 5.35. The molecule has 2 heterocycles. The molecular formula is C23H27N5O2S. The highest BCUT2D eigenvalue weighted by atomic mass is 32.1. The summed E-state index contributed by atoms with van der Waals surface area (Å²) in [6.45, 7) is 5.19. The maximum absolute atomic E-state index is 12.3. The molecule has 1 aliphatic heterocycles. The Morgan fingerprint density at radius 3 is 2.68 bits per heavy atom. The Labute approximate surface area is 186 Å². The first-order chi connectivity index (χ1) is 15.2. The minimum Gasteiger partial charge on any atom is -0.497 e. The van der Waals surface area contributed by atoms with Gasteiger partial charge in [-0.2, -0.15) is 4.37 Å². The van der Waals surface area contributed by atoms with E-state index in [1.807, 2.05) is 30.3 Å². The number of nitrogens with one attached hydrogen (secondary N) is 1. The number of benzene rings is 2. The number of hydrogen-bond acceptors (Lipinski definition) is 7. The number of ether oxygens (including phenoxy) is 1. The lowest BCUT2D eigenvalue weighted by Gasteiger charge is -2.34. The van der Waals surface area contributed by atoms with Gasteiger partial charge in [-0.15, -0.1) is 0 Å². The Hall–Kier alpha value is -2.97. The first kappa shape index (κ1) is 21.3. The van der Waals surface area contributed by atoms with Crippen molar-refractivity contribution < 1.29 is 9.53 Å². The summed E-state index contributed by atoms with van der Waals surface area (Å²) >= 11 is 1.48. The number of methoxy groups -OCH3 is 1. The van der Waals surface area contributed by atoms with E-state index in [4.69, 9.17) is 9.72 Å². The molecule has 1 aromatic heterocycles. The zero-order valence-electron chi connectivity index (χ0n) is 17.7. The lowest BCUT2D eigenvalue weighted by Crippen LogP contribution is -2.48. The van der Waals surface area contributed by atoms with Crippen molar-refractivity contribution in [2.45, 2.75) is 6.42 Å². The second-order valence-corrected chi connectivity index (χ2v) is 8.20. The molecule has 0 unspecified atom stereocenters. The Kier molecular flexibility index (Phi) is 7.11. The molecule has 7 nitrogen and oxygen atoms in total. The topological polar surface area (TPSA) is 70.6 Å². The quantitative estimate of drug-likeness (QED) is 0.584. The van der Waals surface area contributed by atoms with Crippen LogP contribution in [0.4, 0.5) is 5.13 Å². The molecule has 162 valence electrons. The summed E-state index contributed by atoms with van der Waals surface area (Å²) in [6.07, 6.45) is 0.768. The molecule has 0 saturated carbocycles. The average Bonchev–Trinajstić information content (AvgIpc) is 3.28. The van der Waals surface area contributed by atoms with Crippen LogP contribution in [-0.2, 0) is 6.42 Å². The van der Waals surface area contributed by atoms with Gasteiger partial charge in [0.1, 0.15) is 11.6 Å². The SMILES string of the molecule is COc1cccc(C(=O)NCCN2CCN(c3nc(Cc4ccccc4)ns3)CC2)c1. The zero-order chi connectivity index (χ0) is 21.5. The van der Waals surface area contributed by atoms with Crippen molar-refractivity contribution in [1.29, 1.82) is 0 Å². The van der Waals surface area contributed by atoms with Crippen molar-refractivity contribution >= 4 is 22.6 Å². The van der Waals surface area contributed by atoms with Crippen LogP contribution in [0.25, 0.3) is 0 Å². The highest BCUT2D eigenvalue weighted by molar-refractivity contribution is 7.09. The smallest absolute Gasteiger partial charge is 0.251 e. The van der Waals surface area contributed by atoms with Crippen LogP contribution in [-0.4, -0.2) is 66.5 Å². The van der Waals surface area contributed by atoms with Gasteiger partial charge in [-0.25, -0.2) is 4.98 Å². The molecule has 4 rings (SSSR count). The molecule has 1 amide bonds. The van der Waals surface area contributed by atoms with Crippen molar-refractivity contribution in [1.82, 2.24) is 19.6 Å². The van der Waals surface area contributed by atoms with Crippen molar-refractivity contribution in [3.63, 3.8) is 0 Å². The lowest BCUT2D eigenvalue weighted by molar-refractivity contribution is 0.0947. The number of carbonyl (C=O) groups excluding carboxylic acids is 1. The van der Waals surface area contributed by atoms with Gasteiger partial charge in [0, 0.05) is 62.8 Å². The van der Waals surface area contributed by atoms with E-state index in [0.717, 1.165) is 50.1 Å². The van der Waals surface area contributed by atoms with Gasteiger partial charge in [0.05, 0.1) is 7.11 Å². The second kappa shape index (κ2) is 10.4. The van der Waals surface area contributed by atoms with Gasteiger partial charge in [0.25, 0.3) is 5.91 Å². The number of carbonyl (C=O) groups is 1. The highest BCUT2D eigenvalue weighted by Crippen LogP contribution is 2.20. The van der Waals surface area contributed by atoms with Crippen LogP contribution in [0.5, 0.6) is 5.75 Å². The maximum Gasteiger partial charge on any atom is 0.251 e. The summed E-state index contributed by atoms with van der Waals surface area (Å²) in [5.41, 5.74) is 1.85. The highest BCUT2D eigenvalue weighted by Gasteiger charge is 2.20. The van der Waals surface area contributed by atoms with Gasteiger partial charge < -0.3 is 15.0 Å². The third kappa shape index (κ3) is 5.80. The van der Waals surface area contributed by atoms with Crippen molar-refractivity contribution in [3.8, 4) is 5.75 Å². The van der Waals surface area contributed by atoms with Gasteiger partial charge in [-0.3, -0.25) is 9.69 Å². The minimum atomic E-state index is -0.0719. The van der Waals surface area contributed by atoms with Gasteiger partial charge in [-0.1, -0.05) is 36.4 Å². The van der Waals surface area contributed by atoms with E-state index in [-0.39, 0.29) is 5.91 Å². The van der Waals surface area contributed by atoms with Crippen molar-refractivity contribution in [3.05, 3.63) is 71.5 Å². The van der Waals surface area contributed by atoms with E-state index in [1.54, 1.807) is 19.2 Å². The Balaban J connectivity index is 1.20. The van der Waals surface area contributed by atoms with Crippen LogP contribution >= 0.6 is 11.5 Å². The largest absolute Gasteiger partial charge is 0.497 e. The van der Waals surface area contributed by atoms with Crippen LogP contribution < -0.4 is 15.0 Å². The molecule has 0 atom stereocenters. The maximum atomic E-state index is 12.3. The van der Waals surface area contributed by atoms with Gasteiger partial charge in [0.15, 0.2) is 0 Å². The molecule has 2 aromatic carbocycles. The first-order valence-corrected chi connectivity index (χ1v) is 11.2. The van der Waals surface area contributed by atoms with Gasteiger partial charge in [-0.05, 0) is 23.8 Å². The van der Waals surface area contributed by atoms with Crippen LogP contribution in [0.2, 0.25) is 0 Å². The first-order valence-electron chi connectivity index (χ1n) is 10.5. The molecule has 0 bridgehead atoms. The Bertz CT molecular complexity index is 986. The fourth-order valence-corrected chi connectivity index (χ4v) is 4.32. The number of nitrogens with zero attached hydrogens (tertiary/aromatic N) is 4. The molecule has 8 heteroatoms. The van der Waals surface area contributed by atoms with E-state index < -0.39 is 0 Å². The molecule has 0 aliphatic carbocycles. The predicted octanol–water partition coefficient (Wildman–Crippen LogP) is 2.69. The Morgan fingerprint density at radius 2 is 1.90 bits per heavy atom. The lowest BCUT2D eigenvalue weighted by atomic mass is 10.1. The number of hydrogen-bond donors (Lipinski definition) is 1. The second-order valence-electron chi connectivity index (χ2n) is 7.47. The fraction of sp³-hybridized carbons (Fsp3) is 0.348. The number of rotatable bonds is 8. The fourth-order valence-electron chi connectivity index (χ4n) is 3.58. The summed E-state index contributed by atoms with van der Waals surface area (Å²) in [6, 6.07) is 17.5. The van der Waals surface area contributed by atoms with Crippen molar-refractivity contribution in [2.75, 3.05) is 51.3 Å². The number of piperazine rings is 1. The molecule has 1 saturated heterocycles. The van der Waals surface area contributed by atoms with Crippen molar-refractivity contribution in [2.24, 2.45) is 0 Å². The standard InChI is InChI=1S/C23H27N5O2S/c1-30-20-9-5-8-19(17-20)22(29)24-10-11-27-12-14-28(15-13-27)23-25-21(26-31-23)16-18-6-3-2-4-7-18/h2-9,17H,10-16H2,1H3,(H,24,29). The molecule has 1 aliphatic rings. The predicted molar refractivity (Wildman–Crippen MR) is 123 cm³/mol. The monoisotopic (exact) mass is 437 g/mol. The van der Waals surface area contributed by atoms with Crippen LogP contribution in [0.15, 0.2) is 54.6 Å². The summed E-state index contributed by atoms with van der Waals surface area (Å²) in [7, 11) is 1.60. The van der Waals surface area contributed by atoms with Crippen LogP contribution in [0.3, 0.4) is 0 Å². The average molecular weight is 438 g/mol. The summed E-state index contributed by atoms with van der Waals surface area (Å²) in [4.78, 5) is 21.7. The molecule has 3 aromatic rings. The molecule has 0 spiro atoms. The minimum absolute atomic E-state index is 0.0719. The number of anilines is 1. The van der Waals surface area contributed by atoms with E-state index in [9.17, 15) is 4.79 Å². The summed E-state index contributed by atoms with van der Waals surface area (Å²) in [5.74, 6) is 1.50. The van der Waals surface area contributed by atoms with E-state index >= 15 is 0 Å². The van der Waals surface area contributed by atoms with E-state index in [1.165, 1.54) is 17.1 Å². The molecule has 1 fully saturated rings. The van der Waals surface area contributed by atoms with E-state index in [0.29, 0.717) is 17.9 Å². The molecule has 31 heavy (non-hydrogen) atoms. The van der Waals surface area contributed by atoms with Crippen LogP contribution in [0.1, 0.15) is 21.7 Å². The molecular weight excluding hydrogens is 410 g/mol. The normalized spacial score (nSPS) is 14.4. The Morgan fingerprint density at radius 1 is 1.10 bits per heavy atom. The molecule has 1 N–H and O–H groups in total. The van der Waals surface area contributed by atoms with Gasteiger partial charge in [0.2, 0.25) is 5.13 Å². The number of aromatic nitrogens is 2. The van der Waals surface area contributed by atoms with Crippen LogP contribution in [0, 0.1) is 0 Å². The van der Waals surface area contributed by atoms with E-state index in [2.05, 4.69) is 31.6 Å². The third-order valence-corrected chi connectivity index (χ3v) is 6.17. The summed E-state index contributed by atoms with van der Waals surface area (Å²) in [5, 5.41) is 3.99. The summed E-state index contributed by atoms with van der Waals surface area (Å²) < 4.78 is 9.72.